The lowest BCUT2D eigenvalue weighted by molar-refractivity contribution is 0.0699. The minimum absolute atomic E-state index is 0.0185. The second-order valence-electron chi connectivity index (χ2n) is 6.40. The molecule has 134 valence electrons. The molecule has 0 aliphatic carbocycles. The van der Waals surface area contributed by atoms with Crippen molar-refractivity contribution in [3.05, 3.63) is 47.3 Å². The van der Waals surface area contributed by atoms with Crippen LogP contribution in [-0.2, 0) is 4.74 Å². The van der Waals surface area contributed by atoms with Crippen molar-refractivity contribution in [2.75, 3.05) is 33.4 Å². The number of aromatic nitrogens is 2. The number of likely N-dealkylation sites (tertiary alicyclic amines) is 1. The van der Waals surface area contributed by atoms with Gasteiger partial charge in [-0.15, -0.1) is 0 Å². The van der Waals surface area contributed by atoms with Crippen LogP contribution in [0.2, 0.25) is 0 Å². The van der Waals surface area contributed by atoms with Crippen LogP contribution in [0.15, 0.2) is 30.3 Å². The molecule has 2 heterocycles. The van der Waals surface area contributed by atoms with Crippen molar-refractivity contribution in [1.29, 1.82) is 0 Å². The molecule has 0 unspecified atom stereocenters. The fourth-order valence-electron chi connectivity index (χ4n) is 3.23. The van der Waals surface area contributed by atoms with Gasteiger partial charge in [-0.25, -0.2) is 0 Å². The van der Waals surface area contributed by atoms with Crippen LogP contribution in [0.4, 0.5) is 0 Å². The van der Waals surface area contributed by atoms with Gasteiger partial charge in [-0.2, -0.15) is 5.10 Å². The molecule has 1 N–H and O–H groups in total. The van der Waals surface area contributed by atoms with Gasteiger partial charge < -0.3 is 14.4 Å². The smallest absolute Gasteiger partial charge is 0.257 e. The van der Waals surface area contributed by atoms with Gasteiger partial charge in [0.1, 0.15) is 12.4 Å². The van der Waals surface area contributed by atoms with Gasteiger partial charge in [0, 0.05) is 31.8 Å². The first-order chi connectivity index (χ1) is 12.2. The van der Waals surface area contributed by atoms with E-state index >= 15 is 0 Å². The molecule has 1 aliphatic heterocycles. The Morgan fingerprint density at radius 3 is 2.96 bits per heavy atom. The molecule has 1 amide bonds. The lowest BCUT2D eigenvalue weighted by Crippen LogP contribution is -2.39. The summed E-state index contributed by atoms with van der Waals surface area (Å²) in [4.78, 5) is 14.9. The average molecular weight is 343 g/mol. The summed E-state index contributed by atoms with van der Waals surface area (Å²) in [5, 5.41) is 7.37. The number of nitrogens with one attached hydrogen (secondary N) is 1. The zero-order chi connectivity index (χ0) is 17.6. The predicted molar refractivity (Wildman–Crippen MR) is 95.0 cm³/mol. The maximum absolute atomic E-state index is 13.0. The van der Waals surface area contributed by atoms with E-state index in [2.05, 4.69) is 16.3 Å². The largest absolute Gasteiger partial charge is 0.490 e. The third-order valence-electron chi connectivity index (χ3n) is 4.52. The Morgan fingerprint density at radius 2 is 2.20 bits per heavy atom. The summed E-state index contributed by atoms with van der Waals surface area (Å²) in [6, 6.07) is 9.48. The number of benzene rings is 1. The van der Waals surface area contributed by atoms with Crippen molar-refractivity contribution >= 4 is 5.91 Å². The fraction of sp³-hybridized carbons (Fsp3) is 0.474. The number of hydrogen-bond donors (Lipinski definition) is 1. The van der Waals surface area contributed by atoms with E-state index in [4.69, 9.17) is 9.47 Å². The second kappa shape index (κ2) is 8.16. The number of nitrogens with zero attached hydrogens (tertiary/aromatic N) is 2. The van der Waals surface area contributed by atoms with E-state index in [1.54, 1.807) is 7.11 Å². The molecular weight excluding hydrogens is 318 g/mol. The number of aryl methyl sites for hydroxylation is 1. The molecular formula is C19H25N3O3. The number of H-pyrrole nitrogens is 1. The van der Waals surface area contributed by atoms with E-state index in [-0.39, 0.29) is 11.8 Å². The molecule has 0 radical (unpaired) electrons. The van der Waals surface area contributed by atoms with E-state index in [9.17, 15) is 4.79 Å². The third kappa shape index (κ3) is 4.20. The number of aromatic amines is 1. The standard InChI is InChI=1S/C19H25N3O3/c1-14-12-17(21-20-14)15-6-5-9-22(13-15)19(23)16-7-3-4-8-18(16)25-11-10-24-2/h3-4,7-8,12,15H,5-6,9-11,13H2,1-2H3,(H,20,21)/t15-/m0/s1. The number of carbonyl (C=O) groups excluding carboxylic acids is 1. The first-order valence-corrected chi connectivity index (χ1v) is 8.71. The molecule has 0 spiro atoms. The summed E-state index contributed by atoms with van der Waals surface area (Å²) in [6.45, 7) is 4.37. The molecule has 6 heteroatoms. The number of piperidine rings is 1. The monoisotopic (exact) mass is 343 g/mol. The Bertz CT molecular complexity index is 713. The Morgan fingerprint density at radius 1 is 1.36 bits per heavy atom. The number of hydrogen-bond acceptors (Lipinski definition) is 4. The molecule has 1 saturated heterocycles. The molecule has 6 nitrogen and oxygen atoms in total. The van der Waals surface area contributed by atoms with Gasteiger partial charge >= 0.3 is 0 Å². The molecule has 0 bridgehead atoms. The summed E-state index contributed by atoms with van der Waals surface area (Å²) in [5.74, 6) is 0.913. The van der Waals surface area contributed by atoms with E-state index < -0.39 is 0 Å². The maximum Gasteiger partial charge on any atom is 0.257 e. The number of para-hydroxylation sites is 1. The highest BCUT2D eigenvalue weighted by atomic mass is 16.5. The average Bonchev–Trinajstić information content (AvgIpc) is 3.08. The molecule has 1 fully saturated rings. The van der Waals surface area contributed by atoms with Crippen LogP contribution in [0.1, 0.15) is 40.5 Å². The zero-order valence-corrected chi connectivity index (χ0v) is 14.8. The molecule has 2 aromatic rings. The van der Waals surface area contributed by atoms with Crippen LogP contribution in [0.3, 0.4) is 0 Å². The van der Waals surface area contributed by atoms with Gasteiger partial charge in [-0.3, -0.25) is 9.89 Å². The molecule has 1 aliphatic rings. The van der Waals surface area contributed by atoms with E-state index in [0.717, 1.165) is 30.8 Å². The Labute approximate surface area is 148 Å². The van der Waals surface area contributed by atoms with Crippen molar-refractivity contribution in [3.63, 3.8) is 0 Å². The highest BCUT2D eigenvalue weighted by molar-refractivity contribution is 5.97. The second-order valence-corrected chi connectivity index (χ2v) is 6.40. The number of methoxy groups -OCH3 is 1. The number of carbonyl (C=O) groups is 1. The minimum Gasteiger partial charge on any atom is -0.490 e. The highest BCUT2D eigenvalue weighted by Gasteiger charge is 2.28. The third-order valence-corrected chi connectivity index (χ3v) is 4.52. The Hall–Kier alpha value is -2.34. The van der Waals surface area contributed by atoms with Crippen molar-refractivity contribution in [2.45, 2.75) is 25.7 Å². The van der Waals surface area contributed by atoms with E-state index in [1.165, 1.54) is 0 Å². The Kier molecular flexibility index (Phi) is 5.71. The van der Waals surface area contributed by atoms with Gasteiger partial charge in [0.25, 0.3) is 5.91 Å². The summed E-state index contributed by atoms with van der Waals surface area (Å²) < 4.78 is 10.7. The van der Waals surface area contributed by atoms with E-state index in [1.807, 2.05) is 36.1 Å². The SMILES string of the molecule is COCCOc1ccccc1C(=O)N1CCC[C@H](c2cc(C)[nH]n2)C1. The van der Waals surface area contributed by atoms with Crippen LogP contribution in [0, 0.1) is 6.92 Å². The number of rotatable bonds is 6. The molecule has 3 rings (SSSR count). The van der Waals surface area contributed by atoms with Gasteiger partial charge in [0.05, 0.1) is 17.9 Å². The zero-order valence-electron chi connectivity index (χ0n) is 14.8. The normalized spacial score (nSPS) is 17.5. The van der Waals surface area contributed by atoms with Crippen molar-refractivity contribution in [2.24, 2.45) is 0 Å². The molecule has 1 aromatic heterocycles. The molecule has 25 heavy (non-hydrogen) atoms. The number of ether oxygens (including phenoxy) is 2. The summed E-state index contributed by atoms with van der Waals surface area (Å²) in [7, 11) is 1.63. The highest BCUT2D eigenvalue weighted by Crippen LogP contribution is 2.28. The molecule has 1 aromatic carbocycles. The summed E-state index contributed by atoms with van der Waals surface area (Å²) >= 11 is 0. The molecule has 0 saturated carbocycles. The van der Waals surface area contributed by atoms with E-state index in [0.29, 0.717) is 31.1 Å². The van der Waals surface area contributed by atoms with Crippen LogP contribution in [0.5, 0.6) is 5.75 Å². The van der Waals surface area contributed by atoms with Crippen LogP contribution < -0.4 is 4.74 Å². The van der Waals surface area contributed by atoms with Gasteiger partial charge in [0.2, 0.25) is 0 Å². The van der Waals surface area contributed by atoms with Crippen molar-refractivity contribution in [1.82, 2.24) is 15.1 Å². The van der Waals surface area contributed by atoms with Crippen LogP contribution >= 0.6 is 0 Å². The van der Waals surface area contributed by atoms with Crippen molar-refractivity contribution < 1.29 is 14.3 Å². The lowest BCUT2D eigenvalue weighted by Gasteiger charge is -2.32. The maximum atomic E-state index is 13.0. The lowest BCUT2D eigenvalue weighted by atomic mass is 9.94. The summed E-state index contributed by atoms with van der Waals surface area (Å²) in [5.41, 5.74) is 2.70. The first kappa shape index (κ1) is 17.5. The predicted octanol–water partition coefficient (Wildman–Crippen LogP) is 2.76. The fourth-order valence-corrected chi connectivity index (χ4v) is 3.23. The topological polar surface area (TPSA) is 67.5 Å². The molecule has 1 atom stereocenters. The van der Waals surface area contributed by atoms with Crippen LogP contribution in [0.25, 0.3) is 0 Å². The van der Waals surface area contributed by atoms with Gasteiger partial charge in [0.15, 0.2) is 0 Å². The van der Waals surface area contributed by atoms with Crippen molar-refractivity contribution in [3.8, 4) is 5.75 Å². The minimum atomic E-state index is 0.0185. The van der Waals surface area contributed by atoms with Crippen LogP contribution in [-0.4, -0.2) is 54.4 Å². The number of amides is 1. The summed E-state index contributed by atoms with van der Waals surface area (Å²) in [6.07, 6.45) is 2.04. The van der Waals surface area contributed by atoms with Gasteiger partial charge in [-0.1, -0.05) is 12.1 Å². The van der Waals surface area contributed by atoms with Gasteiger partial charge in [-0.05, 0) is 38.0 Å². The Balaban J connectivity index is 1.72. The first-order valence-electron chi connectivity index (χ1n) is 8.71. The quantitative estimate of drug-likeness (QED) is 0.819.